The zero-order valence-corrected chi connectivity index (χ0v) is 18.6. The highest BCUT2D eigenvalue weighted by Crippen LogP contribution is 2.33. The summed E-state index contributed by atoms with van der Waals surface area (Å²) in [6.07, 6.45) is 3.11. The minimum absolute atomic E-state index is 0.338. The molecule has 0 fully saturated rings. The van der Waals surface area contributed by atoms with Crippen molar-refractivity contribution >= 4 is 23.7 Å². The van der Waals surface area contributed by atoms with Crippen LogP contribution in [-0.4, -0.2) is 36.3 Å². The summed E-state index contributed by atoms with van der Waals surface area (Å²) in [4.78, 5) is 25.1. The molecule has 0 bridgehead atoms. The van der Waals surface area contributed by atoms with Gasteiger partial charge in [0.1, 0.15) is 11.6 Å². The number of esters is 1. The lowest BCUT2D eigenvalue weighted by Crippen LogP contribution is -2.31. The van der Waals surface area contributed by atoms with Crippen molar-refractivity contribution in [3.8, 4) is 5.75 Å². The molecule has 0 aliphatic carbocycles. The predicted molar refractivity (Wildman–Crippen MR) is 127 cm³/mol. The fourth-order valence-corrected chi connectivity index (χ4v) is 3.65. The number of hydrogen-bond acceptors (Lipinski definition) is 5. The number of rotatable bonds is 7. The molecule has 4 rings (SSSR count). The molecular weight excluding hydrogens is 435 g/mol. The Morgan fingerprint density at radius 2 is 1.82 bits per heavy atom. The van der Waals surface area contributed by atoms with Crippen molar-refractivity contribution in [2.75, 3.05) is 13.7 Å². The van der Waals surface area contributed by atoms with E-state index in [-0.39, 0.29) is 6.04 Å². The molecule has 0 N–H and O–H groups in total. The Labute approximate surface area is 196 Å². The molecule has 0 radical (unpaired) electrons. The first kappa shape index (κ1) is 22.9. The molecule has 3 aromatic rings. The van der Waals surface area contributed by atoms with Gasteiger partial charge in [-0.15, -0.1) is 0 Å². The first-order valence-electron chi connectivity index (χ1n) is 10.7. The Hall–Kier alpha value is -4.26. The Morgan fingerprint density at radius 1 is 1.06 bits per heavy atom. The number of carbonyl (C=O) groups excluding carboxylic acids is 2. The van der Waals surface area contributed by atoms with E-state index >= 15 is 0 Å². The highest BCUT2D eigenvalue weighted by molar-refractivity contribution is 6.03. The van der Waals surface area contributed by atoms with Gasteiger partial charge in [-0.25, -0.2) is 14.2 Å². The summed E-state index contributed by atoms with van der Waals surface area (Å²) in [6, 6.07) is 22.5. The van der Waals surface area contributed by atoms with Gasteiger partial charge in [0.05, 0.1) is 18.9 Å². The van der Waals surface area contributed by atoms with Gasteiger partial charge in [-0.05, 0) is 47.0 Å². The van der Waals surface area contributed by atoms with Gasteiger partial charge in [-0.3, -0.25) is 4.79 Å². The average Bonchev–Trinajstić information content (AvgIpc) is 3.32. The second-order valence-corrected chi connectivity index (χ2v) is 7.64. The standard InChI is InChI=1S/C27H23FN2O4/c1-33-23-13-11-21(12-14-23)25-17-24(20-7-3-2-4-8-20)29-30(25)26(31)18-34-27(32)15-10-19-6-5-9-22(28)16-19/h2-16,25H,17-18H2,1H3. The average molecular weight is 458 g/mol. The topological polar surface area (TPSA) is 68.2 Å². The first-order valence-corrected chi connectivity index (χ1v) is 10.7. The number of carbonyl (C=O) groups is 2. The van der Waals surface area contributed by atoms with Crippen LogP contribution in [0.1, 0.15) is 29.2 Å². The van der Waals surface area contributed by atoms with Gasteiger partial charge in [0.15, 0.2) is 6.61 Å². The summed E-state index contributed by atoms with van der Waals surface area (Å²) >= 11 is 0. The molecule has 0 saturated carbocycles. The van der Waals surface area contributed by atoms with Crippen LogP contribution in [0.2, 0.25) is 0 Å². The maximum atomic E-state index is 13.3. The van der Waals surface area contributed by atoms with Crippen LogP contribution in [0.15, 0.2) is 90.0 Å². The lowest BCUT2D eigenvalue weighted by atomic mass is 9.98. The summed E-state index contributed by atoms with van der Waals surface area (Å²) in [6.45, 7) is -0.468. The van der Waals surface area contributed by atoms with Crippen molar-refractivity contribution in [3.63, 3.8) is 0 Å². The van der Waals surface area contributed by atoms with E-state index in [1.807, 2.05) is 54.6 Å². The molecule has 1 unspecified atom stereocenters. The van der Waals surface area contributed by atoms with Gasteiger partial charge < -0.3 is 9.47 Å². The van der Waals surface area contributed by atoms with Gasteiger partial charge in [-0.2, -0.15) is 5.10 Å². The minimum atomic E-state index is -0.704. The number of hydrazone groups is 1. The number of amides is 1. The molecule has 1 heterocycles. The Morgan fingerprint density at radius 3 is 2.53 bits per heavy atom. The zero-order chi connectivity index (χ0) is 23.9. The molecule has 0 saturated heterocycles. The number of nitrogens with zero attached hydrogens (tertiary/aromatic N) is 2. The third-order valence-electron chi connectivity index (χ3n) is 5.37. The summed E-state index contributed by atoms with van der Waals surface area (Å²) in [5.74, 6) is -0.844. The first-order chi connectivity index (χ1) is 16.5. The van der Waals surface area contributed by atoms with E-state index in [9.17, 15) is 14.0 Å². The van der Waals surface area contributed by atoms with Gasteiger partial charge in [0.2, 0.25) is 0 Å². The molecule has 1 aliphatic rings. The molecule has 0 spiro atoms. The molecule has 34 heavy (non-hydrogen) atoms. The van der Waals surface area contributed by atoms with E-state index in [1.54, 1.807) is 19.2 Å². The van der Waals surface area contributed by atoms with Crippen LogP contribution < -0.4 is 4.74 Å². The lowest BCUT2D eigenvalue weighted by molar-refractivity contribution is -0.149. The second kappa shape index (κ2) is 10.6. The number of benzene rings is 3. The molecule has 1 atom stereocenters. The summed E-state index contributed by atoms with van der Waals surface area (Å²) in [7, 11) is 1.59. The number of ether oxygens (including phenoxy) is 2. The van der Waals surface area contributed by atoms with Crippen LogP contribution in [0.4, 0.5) is 4.39 Å². The minimum Gasteiger partial charge on any atom is -0.497 e. The van der Waals surface area contributed by atoms with Gasteiger partial charge in [-0.1, -0.05) is 54.6 Å². The maximum absolute atomic E-state index is 13.3. The van der Waals surface area contributed by atoms with Crippen molar-refractivity contribution in [2.45, 2.75) is 12.5 Å². The highest BCUT2D eigenvalue weighted by atomic mass is 19.1. The quantitative estimate of drug-likeness (QED) is 0.378. The van der Waals surface area contributed by atoms with Crippen molar-refractivity contribution in [3.05, 3.63) is 107 Å². The van der Waals surface area contributed by atoms with Crippen molar-refractivity contribution in [2.24, 2.45) is 5.10 Å². The molecule has 7 heteroatoms. The van der Waals surface area contributed by atoms with E-state index in [1.165, 1.54) is 23.2 Å². The van der Waals surface area contributed by atoms with Crippen molar-refractivity contribution in [1.29, 1.82) is 0 Å². The summed E-state index contributed by atoms with van der Waals surface area (Å²) in [5, 5.41) is 5.93. The smallest absolute Gasteiger partial charge is 0.331 e. The third kappa shape index (κ3) is 5.56. The van der Waals surface area contributed by atoms with E-state index in [0.717, 1.165) is 22.9 Å². The van der Waals surface area contributed by atoms with Crippen LogP contribution in [0, 0.1) is 5.82 Å². The third-order valence-corrected chi connectivity index (χ3v) is 5.37. The van der Waals surface area contributed by atoms with Crippen LogP contribution in [0.5, 0.6) is 5.75 Å². The van der Waals surface area contributed by atoms with Gasteiger partial charge in [0, 0.05) is 12.5 Å². The molecular formula is C27H23FN2O4. The largest absolute Gasteiger partial charge is 0.497 e. The number of methoxy groups -OCH3 is 1. The lowest BCUT2D eigenvalue weighted by Gasteiger charge is -2.22. The Balaban J connectivity index is 1.47. The fraction of sp³-hybridized carbons (Fsp3) is 0.148. The second-order valence-electron chi connectivity index (χ2n) is 7.64. The van der Waals surface area contributed by atoms with Crippen LogP contribution in [0.25, 0.3) is 6.08 Å². The van der Waals surface area contributed by atoms with Crippen LogP contribution >= 0.6 is 0 Å². The van der Waals surface area contributed by atoms with E-state index < -0.39 is 24.3 Å². The van der Waals surface area contributed by atoms with E-state index in [0.29, 0.717) is 17.7 Å². The predicted octanol–water partition coefficient (Wildman–Crippen LogP) is 4.77. The highest BCUT2D eigenvalue weighted by Gasteiger charge is 2.33. The van der Waals surface area contributed by atoms with E-state index in [4.69, 9.17) is 9.47 Å². The van der Waals surface area contributed by atoms with Gasteiger partial charge in [0.25, 0.3) is 5.91 Å². The molecule has 0 aromatic heterocycles. The Bertz CT molecular complexity index is 1220. The van der Waals surface area contributed by atoms with Crippen molar-refractivity contribution < 1.29 is 23.5 Å². The number of halogens is 1. The zero-order valence-electron chi connectivity index (χ0n) is 18.6. The van der Waals surface area contributed by atoms with E-state index in [2.05, 4.69) is 5.10 Å². The summed E-state index contributed by atoms with van der Waals surface area (Å²) in [5.41, 5.74) is 3.10. The number of hydrogen-bond donors (Lipinski definition) is 0. The SMILES string of the molecule is COc1ccc(C2CC(c3ccccc3)=NN2C(=O)COC(=O)C=Cc2cccc(F)c2)cc1. The molecule has 3 aromatic carbocycles. The normalized spacial score (nSPS) is 15.3. The summed E-state index contributed by atoms with van der Waals surface area (Å²) < 4.78 is 23.6. The molecule has 1 amide bonds. The molecule has 6 nitrogen and oxygen atoms in total. The molecule has 172 valence electrons. The Kier molecular flexibility index (Phi) is 7.13. The maximum Gasteiger partial charge on any atom is 0.331 e. The monoisotopic (exact) mass is 458 g/mol. The fourth-order valence-electron chi connectivity index (χ4n) is 3.65. The van der Waals surface area contributed by atoms with Crippen LogP contribution in [0.3, 0.4) is 0 Å². The van der Waals surface area contributed by atoms with Gasteiger partial charge >= 0.3 is 5.97 Å². The van der Waals surface area contributed by atoms with Crippen molar-refractivity contribution in [1.82, 2.24) is 5.01 Å². The molecule has 1 aliphatic heterocycles. The van der Waals surface area contributed by atoms with Crippen LogP contribution in [-0.2, 0) is 14.3 Å².